The van der Waals surface area contributed by atoms with Crippen LogP contribution >= 0.6 is 11.6 Å². The number of esters is 1. The molecule has 0 N–H and O–H groups in total. The standard InChI is InChI=1S/C28H28ClNO2/c1-2-3-4-5-6-7-8-21-9-11-22(12-10-21)23-13-15-24(16-14-23)28(31)32-26-18-17-25(20-30)27(29)19-26/h9-19H,2-8H2,1H3. The van der Waals surface area contributed by atoms with E-state index in [9.17, 15) is 4.79 Å². The molecule has 0 radical (unpaired) electrons. The van der Waals surface area contributed by atoms with Crippen LogP contribution in [0.3, 0.4) is 0 Å². The van der Waals surface area contributed by atoms with E-state index in [0.29, 0.717) is 16.9 Å². The van der Waals surface area contributed by atoms with Crippen molar-refractivity contribution >= 4 is 17.6 Å². The summed E-state index contributed by atoms with van der Waals surface area (Å²) in [5.74, 6) is -0.157. The van der Waals surface area contributed by atoms with Crippen molar-refractivity contribution in [3.63, 3.8) is 0 Å². The van der Waals surface area contributed by atoms with Gasteiger partial charge in [-0.15, -0.1) is 0 Å². The molecule has 0 saturated heterocycles. The Morgan fingerprint density at radius 3 is 2.12 bits per heavy atom. The van der Waals surface area contributed by atoms with E-state index in [-0.39, 0.29) is 5.02 Å². The van der Waals surface area contributed by atoms with E-state index in [1.165, 1.54) is 56.2 Å². The van der Waals surface area contributed by atoms with E-state index < -0.39 is 5.97 Å². The highest BCUT2D eigenvalue weighted by atomic mass is 35.5. The number of aryl methyl sites for hydroxylation is 1. The molecule has 0 saturated carbocycles. The van der Waals surface area contributed by atoms with Gasteiger partial charge < -0.3 is 4.74 Å². The fourth-order valence-corrected chi connectivity index (χ4v) is 3.80. The maximum atomic E-state index is 12.4. The van der Waals surface area contributed by atoms with Gasteiger partial charge in [-0.25, -0.2) is 4.79 Å². The topological polar surface area (TPSA) is 50.1 Å². The SMILES string of the molecule is CCCCCCCCc1ccc(-c2ccc(C(=O)Oc3ccc(C#N)c(Cl)c3)cc2)cc1. The van der Waals surface area contributed by atoms with Crippen LogP contribution in [0.15, 0.2) is 66.7 Å². The second-order valence-corrected chi connectivity index (χ2v) is 8.34. The van der Waals surface area contributed by atoms with Crippen LogP contribution in [0.25, 0.3) is 11.1 Å². The summed E-state index contributed by atoms with van der Waals surface area (Å²) >= 11 is 6.00. The Labute approximate surface area is 195 Å². The van der Waals surface area contributed by atoms with E-state index in [2.05, 4.69) is 31.2 Å². The van der Waals surface area contributed by atoms with Gasteiger partial charge in [0, 0.05) is 6.07 Å². The summed E-state index contributed by atoms with van der Waals surface area (Å²) in [7, 11) is 0. The van der Waals surface area contributed by atoms with Gasteiger partial charge in [-0.05, 0) is 53.8 Å². The number of carbonyl (C=O) groups is 1. The largest absolute Gasteiger partial charge is 0.423 e. The minimum absolute atomic E-state index is 0.257. The molecule has 0 unspecified atom stereocenters. The average molecular weight is 446 g/mol. The quantitative estimate of drug-likeness (QED) is 0.180. The smallest absolute Gasteiger partial charge is 0.343 e. The number of hydrogen-bond donors (Lipinski definition) is 0. The Balaban J connectivity index is 1.55. The van der Waals surface area contributed by atoms with E-state index in [1.54, 1.807) is 18.2 Å². The number of rotatable bonds is 10. The molecule has 3 aromatic rings. The van der Waals surface area contributed by atoms with E-state index in [4.69, 9.17) is 21.6 Å². The summed E-state index contributed by atoms with van der Waals surface area (Å²) in [5, 5.41) is 9.19. The maximum Gasteiger partial charge on any atom is 0.343 e. The molecule has 3 aromatic carbocycles. The van der Waals surface area contributed by atoms with Crippen molar-refractivity contribution in [2.24, 2.45) is 0 Å². The van der Waals surface area contributed by atoms with Crippen LogP contribution in [0.4, 0.5) is 0 Å². The Morgan fingerprint density at radius 1 is 0.875 bits per heavy atom. The first-order valence-electron chi connectivity index (χ1n) is 11.2. The molecule has 3 nitrogen and oxygen atoms in total. The third kappa shape index (κ3) is 6.70. The van der Waals surface area contributed by atoms with E-state index >= 15 is 0 Å². The first-order chi connectivity index (χ1) is 15.6. The highest BCUT2D eigenvalue weighted by molar-refractivity contribution is 6.31. The third-order valence-corrected chi connectivity index (χ3v) is 5.81. The molecule has 0 bridgehead atoms. The minimum atomic E-state index is -0.466. The van der Waals surface area contributed by atoms with Crippen molar-refractivity contribution in [2.45, 2.75) is 51.9 Å². The highest BCUT2D eigenvalue weighted by Crippen LogP contribution is 2.24. The molecule has 0 aliphatic heterocycles. The molecular formula is C28H28ClNO2. The van der Waals surface area contributed by atoms with Crippen molar-refractivity contribution in [2.75, 3.05) is 0 Å². The molecule has 164 valence electrons. The number of ether oxygens (including phenoxy) is 1. The van der Waals surface area contributed by atoms with Crippen LogP contribution in [-0.4, -0.2) is 5.97 Å². The summed E-state index contributed by atoms with van der Waals surface area (Å²) < 4.78 is 5.38. The second kappa shape index (κ2) is 12.1. The molecule has 0 heterocycles. The molecule has 3 rings (SSSR count). The van der Waals surface area contributed by atoms with Crippen molar-refractivity contribution in [3.05, 3.63) is 88.4 Å². The molecule has 32 heavy (non-hydrogen) atoms. The van der Waals surface area contributed by atoms with Gasteiger partial charge in [0.15, 0.2) is 0 Å². The number of halogens is 1. The fourth-order valence-electron chi connectivity index (χ4n) is 3.59. The lowest BCUT2D eigenvalue weighted by molar-refractivity contribution is 0.0735. The van der Waals surface area contributed by atoms with Crippen LogP contribution in [-0.2, 0) is 6.42 Å². The molecule has 0 spiro atoms. The van der Waals surface area contributed by atoms with Crippen LogP contribution in [0, 0.1) is 11.3 Å². The molecule has 0 aliphatic rings. The third-order valence-electron chi connectivity index (χ3n) is 5.50. The van der Waals surface area contributed by atoms with E-state index in [1.807, 2.05) is 18.2 Å². The van der Waals surface area contributed by atoms with Crippen molar-refractivity contribution in [1.29, 1.82) is 5.26 Å². The second-order valence-electron chi connectivity index (χ2n) is 7.94. The normalized spacial score (nSPS) is 10.5. The Morgan fingerprint density at radius 2 is 1.50 bits per heavy atom. The fraction of sp³-hybridized carbons (Fsp3) is 0.286. The lowest BCUT2D eigenvalue weighted by Gasteiger charge is -2.08. The van der Waals surface area contributed by atoms with Gasteiger partial charge in [-0.2, -0.15) is 5.26 Å². The lowest BCUT2D eigenvalue weighted by Crippen LogP contribution is -2.08. The number of hydrogen-bond acceptors (Lipinski definition) is 3. The monoisotopic (exact) mass is 445 g/mol. The predicted molar refractivity (Wildman–Crippen MR) is 130 cm³/mol. The van der Waals surface area contributed by atoms with Gasteiger partial charge in [-0.1, -0.05) is 87.0 Å². The van der Waals surface area contributed by atoms with Gasteiger partial charge in [0.05, 0.1) is 16.1 Å². The summed E-state index contributed by atoms with van der Waals surface area (Å²) in [6.45, 7) is 2.24. The first kappa shape index (κ1) is 23.6. The van der Waals surface area contributed by atoms with Crippen molar-refractivity contribution < 1.29 is 9.53 Å². The van der Waals surface area contributed by atoms with Crippen molar-refractivity contribution in [1.82, 2.24) is 0 Å². The number of unbranched alkanes of at least 4 members (excludes halogenated alkanes) is 5. The molecular weight excluding hydrogens is 418 g/mol. The molecule has 0 fully saturated rings. The van der Waals surface area contributed by atoms with Gasteiger partial charge in [-0.3, -0.25) is 0 Å². The zero-order valence-electron chi connectivity index (χ0n) is 18.4. The zero-order valence-corrected chi connectivity index (χ0v) is 19.2. The molecule has 0 atom stereocenters. The molecule has 0 amide bonds. The van der Waals surface area contributed by atoms with Crippen LogP contribution in [0.2, 0.25) is 5.02 Å². The Hall–Kier alpha value is -3.09. The highest BCUT2D eigenvalue weighted by Gasteiger charge is 2.11. The van der Waals surface area contributed by atoms with Crippen LogP contribution in [0.1, 0.15) is 66.9 Å². The first-order valence-corrected chi connectivity index (χ1v) is 11.6. The Bertz CT molecular complexity index is 1070. The lowest BCUT2D eigenvalue weighted by atomic mass is 10.00. The van der Waals surface area contributed by atoms with Crippen molar-refractivity contribution in [3.8, 4) is 22.9 Å². The Kier molecular flexibility index (Phi) is 8.90. The van der Waals surface area contributed by atoms with Gasteiger partial charge in [0.1, 0.15) is 11.8 Å². The number of benzene rings is 3. The van der Waals surface area contributed by atoms with Gasteiger partial charge in [0.2, 0.25) is 0 Å². The molecule has 0 aliphatic carbocycles. The number of nitrogens with zero attached hydrogens (tertiary/aromatic N) is 1. The number of nitriles is 1. The molecule has 0 aromatic heterocycles. The molecule has 4 heteroatoms. The predicted octanol–water partition coefficient (Wildman–Crippen LogP) is 8.00. The maximum absolute atomic E-state index is 12.4. The summed E-state index contributed by atoms with van der Waals surface area (Å²) in [4.78, 5) is 12.4. The number of carbonyl (C=O) groups excluding carboxylic acids is 1. The van der Waals surface area contributed by atoms with E-state index in [0.717, 1.165) is 17.5 Å². The van der Waals surface area contributed by atoms with Gasteiger partial charge in [0.25, 0.3) is 0 Å². The summed E-state index contributed by atoms with van der Waals surface area (Å²) in [6, 6.07) is 22.6. The van der Waals surface area contributed by atoms with Crippen LogP contribution < -0.4 is 4.74 Å². The minimum Gasteiger partial charge on any atom is -0.423 e. The summed E-state index contributed by atoms with van der Waals surface area (Å²) in [6.07, 6.45) is 8.97. The summed E-state index contributed by atoms with van der Waals surface area (Å²) in [5.41, 5.74) is 4.33. The van der Waals surface area contributed by atoms with Crippen LogP contribution in [0.5, 0.6) is 5.75 Å². The zero-order chi connectivity index (χ0) is 22.8. The average Bonchev–Trinajstić information content (AvgIpc) is 2.82. The van der Waals surface area contributed by atoms with Gasteiger partial charge >= 0.3 is 5.97 Å².